The summed E-state index contributed by atoms with van der Waals surface area (Å²) in [5.74, 6) is -2.86. The Morgan fingerprint density at radius 3 is 2.35 bits per heavy atom. The van der Waals surface area contributed by atoms with Gasteiger partial charge in [0.15, 0.2) is 5.69 Å². The van der Waals surface area contributed by atoms with Gasteiger partial charge in [-0.3, -0.25) is 23.7 Å². The van der Waals surface area contributed by atoms with Gasteiger partial charge in [0.1, 0.15) is 11.6 Å². The van der Waals surface area contributed by atoms with E-state index in [1.807, 2.05) is 19.0 Å². The van der Waals surface area contributed by atoms with Gasteiger partial charge in [0.05, 0.1) is 19.4 Å². The molecule has 0 aliphatic rings. The quantitative estimate of drug-likeness (QED) is 0.221. The van der Waals surface area contributed by atoms with Crippen LogP contribution in [0.15, 0.2) is 42.7 Å². The van der Waals surface area contributed by atoms with Gasteiger partial charge in [-0.05, 0) is 23.7 Å². The van der Waals surface area contributed by atoms with Gasteiger partial charge in [-0.2, -0.15) is 13.2 Å². The van der Waals surface area contributed by atoms with E-state index in [-0.39, 0.29) is 37.2 Å². The van der Waals surface area contributed by atoms with Crippen molar-refractivity contribution in [2.45, 2.75) is 6.18 Å². The molecule has 195 valence electrons. The number of ether oxygens (including phenoxy) is 1. The molecule has 1 aromatic carbocycles. The summed E-state index contributed by atoms with van der Waals surface area (Å²) >= 11 is 0. The molecule has 3 heterocycles. The molecule has 0 saturated heterocycles. The first kappa shape index (κ1) is 29.3. The average molecular weight is 694 g/mol. The van der Waals surface area contributed by atoms with Crippen molar-refractivity contribution in [1.82, 2.24) is 25.1 Å². The summed E-state index contributed by atoms with van der Waals surface area (Å²) in [6.45, 7) is 6.80. The van der Waals surface area contributed by atoms with Gasteiger partial charge in [0, 0.05) is 70.0 Å². The predicted molar refractivity (Wildman–Crippen MR) is 119 cm³/mol. The Bertz CT molecular complexity index is 1400. The minimum Gasteiger partial charge on any atom is -0.497 e. The molecule has 0 N–H and O–H groups in total. The number of halogens is 5. The van der Waals surface area contributed by atoms with Crippen LogP contribution in [0.2, 0.25) is 0 Å². The van der Waals surface area contributed by atoms with E-state index in [9.17, 15) is 22.0 Å². The largest absolute Gasteiger partial charge is 0.497 e. The van der Waals surface area contributed by atoms with Crippen LogP contribution >= 0.6 is 0 Å². The molecular formula is C23H16F5IrN7O-2. The van der Waals surface area contributed by atoms with Crippen LogP contribution in [0, 0.1) is 24.3 Å². The second-order valence-corrected chi connectivity index (χ2v) is 7.12. The summed E-state index contributed by atoms with van der Waals surface area (Å²) in [5, 5.41) is 6.28. The number of aromatic nitrogens is 5. The topological polar surface area (TPSA) is 82.5 Å². The number of nitrogens with zero attached hydrogens (tertiary/aromatic N) is 7. The molecule has 0 aliphatic carbocycles. The Morgan fingerprint density at radius 1 is 1.08 bits per heavy atom. The number of anilines is 1. The van der Waals surface area contributed by atoms with Gasteiger partial charge >= 0.3 is 6.18 Å². The number of rotatable bonds is 4. The predicted octanol–water partition coefficient (Wildman–Crippen LogP) is 4.96. The van der Waals surface area contributed by atoms with Crippen LogP contribution in [0.3, 0.4) is 0 Å². The number of benzene rings is 1. The van der Waals surface area contributed by atoms with E-state index in [1.165, 1.54) is 25.6 Å². The third kappa shape index (κ3) is 7.05. The van der Waals surface area contributed by atoms with E-state index in [4.69, 9.17) is 11.3 Å². The van der Waals surface area contributed by atoms with Gasteiger partial charge in [0.25, 0.3) is 0 Å². The third-order valence-corrected chi connectivity index (χ3v) is 4.53. The van der Waals surface area contributed by atoms with Crippen molar-refractivity contribution in [2.75, 3.05) is 26.1 Å². The molecule has 0 fully saturated rings. The molecular weight excluding hydrogens is 678 g/mol. The molecule has 0 saturated carbocycles. The van der Waals surface area contributed by atoms with Crippen molar-refractivity contribution in [1.29, 1.82) is 0 Å². The Balaban J connectivity index is 0.000000255. The van der Waals surface area contributed by atoms with E-state index < -0.39 is 29.3 Å². The van der Waals surface area contributed by atoms with Crippen LogP contribution in [-0.2, 0) is 26.3 Å². The smallest absolute Gasteiger partial charge is 0.429 e. The van der Waals surface area contributed by atoms with Crippen molar-refractivity contribution >= 4 is 11.4 Å². The number of hydrogen-bond acceptors (Lipinski definition) is 6. The van der Waals surface area contributed by atoms with E-state index in [1.54, 1.807) is 18.2 Å². The van der Waals surface area contributed by atoms with Gasteiger partial charge in [-0.1, -0.05) is 6.07 Å². The van der Waals surface area contributed by atoms with Gasteiger partial charge in [0.2, 0.25) is 0 Å². The summed E-state index contributed by atoms with van der Waals surface area (Å²) in [7, 11) is 5.12. The fourth-order valence-corrected chi connectivity index (χ4v) is 2.74. The van der Waals surface area contributed by atoms with Crippen LogP contribution in [-0.4, -0.2) is 41.3 Å². The summed E-state index contributed by atoms with van der Waals surface area (Å²) in [4.78, 5) is 15.8. The molecule has 3 aromatic heterocycles. The van der Waals surface area contributed by atoms with Crippen LogP contribution in [0.25, 0.3) is 27.6 Å². The van der Waals surface area contributed by atoms with Crippen LogP contribution < -0.4 is 14.7 Å². The minimum atomic E-state index is -4.61. The number of methoxy groups -OCH3 is 1. The second kappa shape index (κ2) is 12.3. The van der Waals surface area contributed by atoms with Gasteiger partial charge in [-0.25, -0.2) is 0 Å². The summed E-state index contributed by atoms with van der Waals surface area (Å²) in [6, 6.07) is 9.85. The SMILES string of the molecule is COc1ccnc(-c2nc(C(F)(F)F)n[n-]2)c1.[C-]#[N+]c1c(F)c[c-]c(-c2cc(N(C)C)ccn2)c1F.[Ir]. The van der Waals surface area contributed by atoms with E-state index in [2.05, 4.69) is 36.1 Å². The van der Waals surface area contributed by atoms with E-state index >= 15 is 0 Å². The van der Waals surface area contributed by atoms with Gasteiger partial charge < -0.3 is 24.7 Å². The maximum absolute atomic E-state index is 14.0. The van der Waals surface area contributed by atoms with Crippen LogP contribution in [0.5, 0.6) is 5.75 Å². The normalized spacial score (nSPS) is 10.5. The van der Waals surface area contributed by atoms with Crippen molar-refractivity contribution in [3.8, 4) is 28.5 Å². The molecule has 0 atom stereocenters. The summed E-state index contributed by atoms with van der Waals surface area (Å²) in [6.07, 6.45) is -1.69. The first-order chi connectivity index (χ1) is 17.0. The average Bonchev–Trinajstić information content (AvgIpc) is 3.36. The Kier molecular flexibility index (Phi) is 9.76. The van der Waals surface area contributed by atoms with Crippen LogP contribution in [0.1, 0.15) is 5.82 Å². The van der Waals surface area contributed by atoms with Crippen molar-refractivity contribution in [2.24, 2.45) is 0 Å². The number of pyridine rings is 2. The number of alkyl halides is 3. The first-order valence-electron chi connectivity index (χ1n) is 9.91. The Labute approximate surface area is 221 Å². The standard InChI is InChI=1S/C14H10F2N3.C9H6F3N4O.Ir/c1-17-14-11(15)5-4-10(13(14)16)12-8-9(19(2)3)6-7-18-12;1-17-5-2-3-13-6(4-5)7-14-8(16-15-7)9(10,11)12;/h5-8H,2-3H3;2-4H,1H3;/q2*-1;. The summed E-state index contributed by atoms with van der Waals surface area (Å²) < 4.78 is 68.9. The van der Waals surface area contributed by atoms with Crippen molar-refractivity contribution in [3.05, 3.63) is 77.7 Å². The van der Waals surface area contributed by atoms with E-state index in [0.29, 0.717) is 11.4 Å². The number of hydrogen-bond donors (Lipinski definition) is 0. The minimum absolute atomic E-state index is 0. The fourth-order valence-electron chi connectivity index (χ4n) is 2.74. The zero-order chi connectivity index (χ0) is 26.5. The molecule has 14 heteroatoms. The molecule has 0 bridgehead atoms. The Hall–Kier alpha value is -3.95. The van der Waals surface area contributed by atoms with E-state index in [0.717, 1.165) is 11.8 Å². The molecule has 0 spiro atoms. The molecule has 4 rings (SSSR count). The second-order valence-electron chi connectivity index (χ2n) is 7.12. The zero-order valence-corrected chi connectivity index (χ0v) is 21.7. The van der Waals surface area contributed by atoms with Crippen molar-refractivity contribution in [3.63, 3.8) is 0 Å². The molecule has 4 aromatic rings. The van der Waals surface area contributed by atoms with Crippen LogP contribution in [0.4, 0.5) is 33.3 Å². The third-order valence-electron chi connectivity index (χ3n) is 4.53. The molecule has 0 aliphatic heterocycles. The fraction of sp³-hybridized carbons (Fsp3) is 0.174. The van der Waals surface area contributed by atoms with Crippen molar-refractivity contribution < 1.29 is 46.8 Å². The monoisotopic (exact) mass is 694 g/mol. The molecule has 37 heavy (non-hydrogen) atoms. The Morgan fingerprint density at radius 2 is 1.76 bits per heavy atom. The molecule has 0 amide bonds. The maximum atomic E-state index is 14.0. The zero-order valence-electron chi connectivity index (χ0n) is 19.3. The van der Waals surface area contributed by atoms with Gasteiger partial charge in [-0.15, -0.1) is 17.7 Å². The first-order valence-corrected chi connectivity index (χ1v) is 9.91. The molecule has 1 radical (unpaired) electrons. The molecule has 0 unspecified atom stereocenters. The molecule has 8 nitrogen and oxygen atoms in total. The maximum Gasteiger partial charge on any atom is 0.429 e. The summed E-state index contributed by atoms with van der Waals surface area (Å²) in [5.41, 5.74) is 0.675.